The van der Waals surface area contributed by atoms with Gasteiger partial charge in [0.05, 0.1) is 0 Å². The zero-order valence-electron chi connectivity index (χ0n) is 5.87. The van der Waals surface area contributed by atoms with Gasteiger partial charge < -0.3 is 0 Å². The summed E-state index contributed by atoms with van der Waals surface area (Å²) in [4.78, 5) is 8.00. The second-order valence-electron chi connectivity index (χ2n) is 2.52. The standard InChI is InChI=1S/C8H7ClN2/c9-8-7-5-10-3-1-6(7)2-4-11-8/h1,3-6H,2H2. The Bertz CT molecular complexity index is 286. The molecule has 2 heterocycles. The maximum atomic E-state index is 5.85. The van der Waals surface area contributed by atoms with Gasteiger partial charge in [0.15, 0.2) is 0 Å². The summed E-state index contributed by atoms with van der Waals surface area (Å²) >= 11 is 5.85. The van der Waals surface area contributed by atoms with E-state index in [1.807, 2.05) is 12.3 Å². The molecule has 11 heavy (non-hydrogen) atoms. The minimum Gasteiger partial charge on any atom is -0.265 e. The molecule has 0 aliphatic carbocycles. The molecule has 2 aliphatic heterocycles. The normalized spacial score (nSPS) is 27.5. The van der Waals surface area contributed by atoms with Crippen LogP contribution in [0.25, 0.3) is 0 Å². The Balaban J connectivity index is 2.43. The third kappa shape index (κ3) is 1.14. The monoisotopic (exact) mass is 166 g/mol. The smallest absolute Gasteiger partial charge is 0.133 e. The predicted octanol–water partition coefficient (Wildman–Crippen LogP) is 2.13. The van der Waals surface area contributed by atoms with Crippen LogP contribution in [0.2, 0.25) is 0 Å². The van der Waals surface area contributed by atoms with Gasteiger partial charge in [0.1, 0.15) is 5.16 Å². The molecule has 3 heteroatoms. The molecule has 2 aliphatic rings. The van der Waals surface area contributed by atoms with E-state index < -0.39 is 0 Å². The van der Waals surface area contributed by atoms with Crippen LogP contribution in [0, 0.1) is 5.92 Å². The molecule has 0 bridgehead atoms. The van der Waals surface area contributed by atoms with E-state index in [4.69, 9.17) is 11.6 Å². The Hall–Kier alpha value is -0.890. The van der Waals surface area contributed by atoms with Crippen molar-refractivity contribution in [2.45, 2.75) is 6.42 Å². The SMILES string of the molecule is ClC1=C2C=NC=CC2CC=N1. The van der Waals surface area contributed by atoms with Crippen molar-refractivity contribution in [2.24, 2.45) is 15.9 Å². The van der Waals surface area contributed by atoms with Crippen LogP contribution in [0.3, 0.4) is 0 Å². The van der Waals surface area contributed by atoms with E-state index in [0.717, 1.165) is 12.0 Å². The largest absolute Gasteiger partial charge is 0.265 e. The van der Waals surface area contributed by atoms with Gasteiger partial charge in [0.25, 0.3) is 0 Å². The molecule has 0 aromatic heterocycles. The Morgan fingerprint density at radius 1 is 1.55 bits per heavy atom. The van der Waals surface area contributed by atoms with Gasteiger partial charge in [0, 0.05) is 30.1 Å². The predicted molar refractivity (Wildman–Crippen MR) is 47.1 cm³/mol. The summed E-state index contributed by atoms with van der Waals surface area (Å²) < 4.78 is 0. The van der Waals surface area contributed by atoms with Crippen molar-refractivity contribution in [3.63, 3.8) is 0 Å². The molecule has 0 saturated carbocycles. The van der Waals surface area contributed by atoms with Crippen molar-refractivity contribution in [1.29, 1.82) is 0 Å². The van der Waals surface area contributed by atoms with E-state index in [1.54, 1.807) is 12.4 Å². The van der Waals surface area contributed by atoms with E-state index >= 15 is 0 Å². The van der Waals surface area contributed by atoms with E-state index in [9.17, 15) is 0 Å². The number of rotatable bonds is 0. The van der Waals surface area contributed by atoms with Crippen LogP contribution in [0.4, 0.5) is 0 Å². The van der Waals surface area contributed by atoms with E-state index in [0.29, 0.717) is 11.1 Å². The second kappa shape index (κ2) is 2.62. The lowest BCUT2D eigenvalue weighted by molar-refractivity contribution is 0.816. The number of halogens is 1. The quantitative estimate of drug-likeness (QED) is 0.493. The molecule has 2 nitrogen and oxygen atoms in total. The number of nitrogens with zero attached hydrogens (tertiary/aromatic N) is 2. The first-order chi connectivity index (χ1) is 5.38. The molecular formula is C8H7ClN2. The lowest BCUT2D eigenvalue weighted by Gasteiger charge is -2.17. The topological polar surface area (TPSA) is 24.7 Å². The van der Waals surface area contributed by atoms with E-state index in [-0.39, 0.29) is 0 Å². The van der Waals surface area contributed by atoms with Crippen molar-refractivity contribution in [1.82, 2.24) is 0 Å². The van der Waals surface area contributed by atoms with Crippen LogP contribution in [0.5, 0.6) is 0 Å². The molecule has 0 saturated heterocycles. The van der Waals surface area contributed by atoms with Crippen molar-refractivity contribution < 1.29 is 0 Å². The van der Waals surface area contributed by atoms with Crippen LogP contribution in [-0.2, 0) is 0 Å². The van der Waals surface area contributed by atoms with Crippen molar-refractivity contribution in [3.05, 3.63) is 23.0 Å². The molecule has 2 rings (SSSR count). The Morgan fingerprint density at radius 3 is 3.27 bits per heavy atom. The summed E-state index contributed by atoms with van der Waals surface area (Å²) in [6.45, 7) is 0. The summed E-state index contributed by atoms with van der Waals surface area (Å²) in [6, 6.07) is 0. The number of allylic oxidation sites excluding steroid dienone is 2. The highest BCUT2D eigenvalue weighted by atomic mass is 35.5. The van der Waals surface area contributed by atoms with Gasteiger partial charge in [-0.15, -0.1) is 0 Å². The molecule has 1 atom stereocenters. The molecule has 0 fully saturated rings. The Morgan fingerprint density at radius 2 is 2.45 bits per heavy atom. The summed E-state index contributed by atoms with van der Waals surface area (Å²) in [5, 5.41) is 0.578. The molecule has 0 amide bonds. The lowest BCUT2D eigenvalue weighted by atomic mass is 9.95. The molecule has 1 unspecified atom stereocenters. The second-order valence-corrected chi connectivity index (χ2v) is 2.88. The third-order valence-electron chi connectivity index (χ3n) is 1.82. The van der Waals surface area contributed by atoms with Gasteiger partial charge in [-0.3, -0.25) is 4.99 Å². The molecule has 0 N–H and O–H groups in total. The molecular weight excluding hydrogens is 160 g/mol. The summed E-state index contributed by atoms with van der Waals surface area (Å²) in [5.74, 6) is 0.400. The van der Waals surface area contributed by atoms with Gasteiger partial charge in [-0.2, -0.15) is 0 Å². The van der Waals surface area contributed by atoms with Gasteiger partial charge in [-0.25, -0.2) is 4.99 Å². The molecule has 0 aromatic carbocycles. The third-order valence-corrected chi connectivity index (χ3v) is 2.14. The Kier molecular flexibility index (Phi) is 1.62. The van der Waals surface area contributed by atoms with Crippen LogP contribution in [-0.4, -0.2) is 12.4 Å². The van der Waals surface area contributed by atoms with Gasteiger partial charge in [-0.05, 0) is 6.42 Å². The summed E-state index contributed by atoms with van der Waals surface area (Å²) in [7, 11) is 0. The minimum atomic E-state index is 0.400. The van der Waals surface area contributed by atoms with Gasteiger partial charge >= 0.3 is 0 Å². The number of fused-ring (bicyclic) bond motifs is 1. The number of hydrogen-bond donors (Lipinski definition) is 0. The van der Waals surface area contributed by atoms with Crippen LogP contribution < -0.4 is 0 Å². The summed E-state index contributed by atoms with van der Waals surface area (Å²) in [5.41, 5.74) is 1.04. The lowest BCUT2D eigenvalue weighted by Crippen LogP contribution is -2.10. The molecule has 56 valence electrons. The fourth-order valence-electron chi connectivity index (χ4n) is 1.21. The fourth-order valence-corrected chi connectivity index (χ4v) is 1.47. The van der Waals surface area contributed by atoms with Crippen LogP contribution in [0.1, 0.15) is 6.42 Å². The first-order valence-electron chi connectivity index (χ1n) is 3.50. The van der Waals surface area contributed by atoms with Gasteiger partial charge in [0.2, 0.25) is 0 Å². The van der Waals surface area contributed by atoms with Crippen LogP contribution in [0.15, 0.2) is 33.0 Å². The zero-order chi connectivity index (χ0) is 7.68. The molecule has 0 radical (unpaired) electrons. The van der Waals surface area contributed by atoms with Crippen LogP contribution >= 0.6 is 11.6 Å². The van der Waals surface area contributed by atoms with Crippen molar-refractivity contribution >= 4 is 24.0 Å². The average molecular weight is 167 g/mol. The fraction of sp³-hybridized carbons (Fsp3) is 0.250. The maximum Gasteiger partial charge on any atom is 0.133 e. The highest BCUT2D eigenvalue weighted by Gasteiger charge is 2.17. The average Bonchev–Trinajstić information content (AvgIpc) is 2.06. The highest BCUT2D eigenvalue weighted by molar-refractivity contribution is 6.31. The maximum absolute atomic E-state index is 5.85. The van der Waals surface area contributed by atoms with Gasteiger partial charge in [-0.1, -0.05) is 17.7 Å². The molecule has 0 aromatic rings. The van der Waals surface area contributed by atoms with E-state index in [2.05, 4.69) is 9.98 Å². The Labute approximate surface area is 70.0 Å². The minimum absolute atomic E-state index is 0.400. The first kappa shape index (κ1) is 6.80. The molecule has 0 spiro atoms. The summed E-state index contributed by atoms with van der Waals surface area (Å²) in [6.07, 6.45) is 8.41. The number of hydrogen-bond acceptors (Lipinski definition) is 2. The zero-order valence-corrected chi connectivity index (χ0v) is 6.62. The first-order valence-corrected chi connectivity index (χ1v) is 3.88. The number of aliphatic imine (C=N–C) groups is 2. The highest BCUT2D eigenvalue weighted by Crippen LogP contribution is 2.27. The van der Waals surface area contributed by atoms with Crippen molar-refractivity contribution in [2.75, 3.05) is 0 Å². The van der Waals surface area contributed by atoms with E-state index in [1.165, 1.54) is 0 Å². The van der Waals surface area contributed by atoms with Crippen molar-refractivity contribution in [3.8, 4) is 0 Å².